The first-order chi connectivity index (χ1) is 9.60. The van der Waals surface area contributed by atoms with E-state index in [1.54, 1.807) is 12.1 Å². The van der Waals surface area contributed by atoms with E-state index < -0.39 is 5.69 Å². The first-order valence-electron chi connectivity index (χ1n) is 6.27. The summed E-state index contributed by atoms with van der Waals surface area (Å²) in [5.41, 5.74) is 0.174. The van der Waals surface area contributed by atoms with Gasteiger partial charge in [-0.25, -0.2) is 9.36 Å². The molecule has 0 aliphatic rings. The maximum absolute atomic E-state index is 12.5. The molecule has 0 saturated carbocycles. The van der Waals surface area contributed by atoms with Gasteiger partial charge in [-0.15, -0.1) is 11.8 Å². The second kappa shape index (κ2) is 6.33. The topological polar surface area (TPSA) is 54.9 Å². The number of H-pyrrole nitrogens is 1. The molecule has 0 radical (unpaired) electrons. The Morgan fingerprint density at radius 1 is 1.30 bits per heavy atom. The number of para-hydroxylation sites is 1. The minimum Gasteiger partial charge on any atom is -0.297 e. The fraction of sp³-hybridized carbons (Fsp3) is 0.286. The van der Waals surface area contributed by atoms with Crippen LogP contribution in [-0.2, 0) is 6.42 Å². The summed E-state index contributed by atoms with van der Waals surface area (Å²) in [5.74, 6) is 0. The van der Waals surface area contributed by atoms with E-state index >= 15 is 0 Å². The van der Waals surface area contributed by atoms with Crippen molar-refractivity contribution in [2.75, 3.05) is 6.26 Å². The van der Waals surface area contributed by atoms with Crippen molar-refractivity contribution in [3.05, 3.63) is 55.8 Å². The van der Waals surface area contributed by atoms with Gasteiger partial charge in [0.1, 0.15) is 5.15 Å². The summed E-state index contributed by atoms with van der Waals surface area (Å²) >= 11 is 7.46. The Bertz CT molecular complexity index is 737. The van der Waals surface area contributed by atoms with Gasteiger partial charge in [0, 0.05) is 4.90 Å². The van der Waals surface area contributed by atoms with Crippen LogP contribution in [0.25, 0.3) is 5.69 Å². The van der Waals surface area contributed by atoms with Crippen LogP contribution in [0, 0.1) is 0 Å². The molecule has 0 atom stereocenters. The van der Waals surface area contributed by atoms with Crippen LogP contribution in [0.3, 0.4) is 0 Å². The highest BCUT2D eigenvalue weighted by molar-refractivity contribution is 7.98. The minimum atomic E-state index is -0.513. The number of nitrogens with one attached hydrogen (secondary N) is 1. The molecule has 20 heavy (non-hydrogen) atoms. The lowest BCUT2D eigenvalue weighted by Gasteiger charge is -2.11. The third-order valence-corrected chi connectivity index (χ3v) is 4.08. The standard InChI is InChI=1S/C14H15ClN2O2S/c1-3-6-9-12(15)16-14(19)17(13(9)18)10-7-4-5-8-11(10)20-2/h4-5,7-8H,3,6H2,1-2H3,(H,16,19). The second-order valence-electron chi connectivity index (χ2n) is 4.29. The van der Waals surface area contributed by atoms with Crippen LogP contribution in [-0.4, -0.2) is 15.8 Å². The monoisotopic (exact) mass is 310 g/mol. The predicted molar refractivity (Wildman–Crippen MR) is 83.4 cm³/mol. The Labute approximate surface area is 125 Å². The number of thioether (sulfide) groups is 1. The number of hydrogen-bond acceptors (Lipinski definition) is 3. The fourth-order valence-corrected chi connectivity index (χ4v) is 2.89. The van der Waals surface area contributed by atoms with E-state index in [4.69, 9.17) is 11.6 Å². The van der Waals surface area contributed by atoms with Crippen LogP contribution < -0.4 is 11.2 Å². The van der Waals surface area contributed by atoms with Crippen LogP contribution in [0.5, 0.6) is 0 Å². The smallest absolute Gasteiger partial charge is 0.297 e. The lowest BCUT2D eigenvalue weighted by Crippen LogP contribution is -2.36. The molecule has 2 aromatic rings. The third-order valence-electron chi connectivity index (χ3n) is 2.97. The van der Waals surface area contributed by atoms with Crippen molar-refractivity contribution in [2.45, 2.75) is 24.7 Å². The van der Waals surface area contributed by atoms with Crippen molar-refractivity contribution in [3.8, 4) is 5.69 Å². The molecular formula is C14H15ClN2O2S. The Balaban J connectivity index is 2.78. The quantitative estimate of drug-likeness (QED) is 0.698. The predicted octanol–water partition coefficient (Wildman–Crippen LogP) is 2.85. The van der Waals surface area contributed by atoms with E-state index in [-0.39, 0.29) is 10.7 Å². The summed E-state index contributed by atoms with van der Waals surface area (Å²) in [6, 6.07) is 7.30. The number of aromatic nitrogens is 2. The molecule has 0 spiro atoms. The molecule has 0 aliphatic carbocycles. The fourth-order valence-electron chi connectivity index (χ4n) is 2.05. The molecular weight excluding hydrogens is 296 g/mol. The molecule has 0 amide bonds. The Hall–Kier alpha value is -1.46. The largest absolute Gasteiger partial charge is 0.334 e. The summed E-state index contributed by atoms with van der Waals surface area (Å²) in [7, 11) is 0. The number of aromatic amines is 1. The van der Waals surface area contributed by atoms with Crippen LogP contribution in [0.15, 0.2) is 38.8 Å². The number of halogens is 1. The number of rotatable bonds is 4. The van der Waals surface area contributed by atoms with Crippen LogP contribution >= 0.6 is 23.4 Å². The highest BCUT2D eigenvalue weighted by Gasteiger charge is 2.15. The average Bonchev–Trinajstić information content (AvgIpc) is 2.44. The van der Waals surface area contributed by atoms with Crippen molar-refractivity contribution >= 4 is 23.4 Å². The molecule has 4 nitrogen and oxygen atoms in total. The van der Waals surface area contributed by atoms with E-state index in [0.29, 0.717) is 17.7 Å². The number of benzene rings is 1. The Morgan fingerprint density at radius 3 is 2.65 bits per heavy atom. The zero-order chi connectivity index (χ0) is 14.7. The zero-order valence-electron chi connectivity index (χ0n) is 11.3. The molecule has 1 heterocycles. The molecule has 0 bridgehead atoms. The highest BCUT2D eigenvalue weighted by Crippen LogP contribution is 2.22. The zero-order valence-corrected chi connectivity index (χ0v) is 12.8. The van der Waals surface area contributed by atoms with E-state index in [9.17, 15) is 9.59 Å². The van der Waals surface area contributed by atoms with Crippen LogP contribution in [0.4, 0.5) is 0 Å². The molecule has 1 aromatic carbocycles. The third kappa shape index (κ3) is 2.69. The molecule has 1 aromatic heterocycles. The maximum Gasteiger partial charge on any atom is 0.334 e. The molecule has 0 aliphatic heterocycles. The van der Waals surface area contributed by atoms with Crippen LogP contribution in [0.1, 0.15) is 18.9 Å². The molecule has 0 unspecified atom stereocenters. The van der Waals surface area contributed by atoms with Gasteiger partial charge in [-0.3, -0.25) is 9.78 Å². The lowest BCUT2D eigenvalue weighted by molar-refractivity contribution is 0.803. The molecule has 0 saturated heterocycles. The summed E-state index contributed by atoms with van der Waals surface area (Å²) in [5, 5.41) is 0.139. The van der Waals surface area contributed by atoms with Gasteiger partial charge in [-0.2, -0.15) is 0 Å². The molecule has 106 valence electrons. The van der Waals surface area contributed by atoms with E-state index in [1.807, 2.05) is 25.3 Å². The maximum atomic E-state index is 12.5. The molecule has 0 fully saturated rings. The number of hydrogen-bond donors (Lipinski definition) is 1. The van der Waals surface area contributed by atoms with Gasteiger partial charge in [-0.1, -0.05) is 37.1 Å². The van der Waals surface area contributed by atoms with Crippen molar-refractivity contribution in [1.29, 1.82) is 0 Å². The van der Waals surface area contributed by atoms with E-state index in [0.717, 1.165) is 15.9 Å². The normalized spacial score (nSPS) is 10.8. The summed E-state index contributed by atoms with van der Waals surface area (Å²) < 4.78 is 1.16. The van der Waals surface area contributed by atoms with Gasteiger partial charge in [0.15, 0.2) is 0 Å². The summed E-state index contributed by atoms with van der Waals surface area (Å²) in [6.07, 6.45) is 3.22. The van der Waals surface area contributed by atoms with Crippen molar-refractivity contribution < 1.29 is 0 Å². The van der Waals surface area contributed by atoms with E-state index in [1.165, 1.54) is 11.8 Å². The van der Waals surface area contributed by atoms with Gasteiger partial charge < -0.3 is 0 Å². The van der Waals surface area contributed by atoms with Gasteiger partial charge in [0.2, 0.25) is 0 Å². The molecule has 1 N–H and O–H groups in total. The van der Waals surface area contributed by atoms with Gasteiger partial charge >= 0.3 is 5.69 Å². The Morgan fingerprint density at radius 2 is 2.00 bits per heavy atom. The van der Waals surface area contributed by atoms with Crippen molar-refractivity contribution in [1.82, 2.24) is 9.55 Å². The molecule has 2 rings (SSSR count). The van der Waals surface area contributed by atoms with E-state index in [2.05, 4.69) is 4.98 Å². The first kappa shape index (κ1) is 14.9. The average molecular weight is 311 g/mol. The summed E-state index contributed by atoms with van der Waals surface area (Å²) in [4.78, 5) is 28.0. The lowest BCUT2D eigenvalue weighted by atomic mass is 10.2. The van der Waals surface area contributed by atoms with Crippen molar-refractivity contribution in [2.24, 2.45) is 0 Å². The summed E-state index contributed by atoms with van der Waals surface area (Å²) in [6.45, 7) is 1.96. The van der Waals surface area contributed by atoms with Gasteiger partial charge in [-0.05, 0) is 24.8 Å². The number of nitrogens with zero attached hydrogens (tertiary/aromatic N) is 1. The highest BCUT2D eigenvalue weighted by atomic mass is 35.5. The second-order valence-corrected chi connectivity index (χ2v) is 5.51. The minimum absolute atomic E-state index is 0.139. The first-order valence-corrected chi connectivity index (χ1v) is 7.87. The van der Waals surface area contributed by atoms with Crippen molar-refractivity contribution in [3.63, 3.8) is 0 Å². The Kier molecular flexibility index (Phi) is 4.73. The van der Waals surface area contributed by atoms with Gasteiger partial charge in [0.05, 0.1) is 11.3 Å². The van der Waals surface area contributed by atoms with Gasteiger partial charge in [0.25, 0.3) is 5.56 Å². The van der Waals surface area contributed by atoms with Crippen LogP contribution in [0.2, 0.25) is 5.15 Å². The SMILES string of the molecule is CCCc1c(Cl)[nH]c(=O)n(-c2ccccc2SC)c1=O. The molecule has 6 heteroatoms.